The minimum atomic E-state index is -0.902. The number of hydrogen-bond donors (Lipinski definition) is 2. The van der Waals surface area contributed by atoms with Crippen LogP contribution in [0.4, 0.5) is 4.79 Å². The maximum Gasteiger partial charge on any atom is 0.318 e. The van der Waals surface area contributed by atoms with Crippen molar-refractivity contribution in [3.63, 3.8) is 0 Å². The van der Waals surface area contributed by atoms with Crippen molar-refractivity contribution in [2.24, 2.45) is 5.73 Å². The maximum absolute atomic E-state index is 13.6. The molecule has 4 rings (SSSR count). The summed E-state index contributed by atoms with van der Waals surface area (Å²) in [6.45, 7) is 3.95. The van der Waals surface area contributed by atoms with E-state index in [9.17, 15) is 14.4 Å². The van der Waals surface area contributed by atoms with Crippen LogP contribution >= 0.6 is 23.1 Å². The molecule has 0 saturated heterocycles. The molecule has 2 heterocycles. The Morgan fingerprint density at radius 1 is 1.31 bits per heavy atom. The van der Waals surface area contributed by atoms with Gasteiger partial charge in [0.15, 0.2) is 5.16 Å². The zero-order chi connectivity index (χ0) is 20.7. The first kappa shape index (κ1) is 19.7. The Morgan fingerprint density at radius 2 is 2.10 bits per heavy atom. The summed E-state index contributed by atoms with van der Waals surface area (Å²) in [5.41, 5.74) is 8.80. The summed E-state index contributed by atoms with van der Waals surface area (Å²) in [6, 6.07) is 4.96. The third-order valence-electron chi connectivity index (χ3n) is 4.90. The quantitative estimate of drug-likeness (QED) is 0.491. The van der Waals surface area contributed by atoms with Gasteiger partial charge in [-0.2, -0.15) is 0 Å². The topological polar surface area (TPSA) is 107 Å². The molecule has 0 aliphatic heterocycles. The van der Waals surface area contributed by atoms with Crippen molar-refractivity contribution in [1.82, 2.24) is 14.9 Å². The molecule has 3 aromatic rings. The molecule has 9 heteroatoms. The number of thioether (sulfide) groups is 1. The SMILES string of the molecule is Cc1ccc(-n2c(SCC(=O)NC(N)=O)nc3sc4c(c3c2=O)CCC4)c(C)c1. The lowest BCUT2D eigenvalue weighted by Gasteiger charge is -2.15. The number of thiophene rings is 1. The number of carbonyl (C=O) groups excluding carboxylic acids is 2. The average molecular weight is 429 g/mol. The number of nitrogens with zero attached hydrogens (tertiary/aromatic N) is 2. The summed E-state index contributed by atoms with van der Waals surface area (Å²) in [6.07, 6.45) is 2.93. The number of imide groups is 1. The van der Waals surface area contributed by atoms with Crippen molar-refractivity contribution in [3.05, 3.63) is 50.1 Å². The number of fused-ring (bicyclic) bond motifs is 3. The summed E-state index contributed by atoms with van der Waals surface area (Å²) in [5, 5.41) is 3.15. The molecule has 0 fully saturated rings. The number of aromatic nitrogens is 2. The minimum absolute atomic E-state index is 0.0725. The van der Waals surface area contributed by atoms with Crippen LogP contribution in [-0.4, -0.2) is 27.2 Å². The second-order valence-corrected chi connectivity index (χ2v) is 9.09. The summed E-state index contributed by atoms with van der Waals surface area (Å²) >= 11 is 2.67. The molecule has 7 nitrogen and oxygen atoms in total. The van der Waals surface area contributed by atoms with E-state index in [0.29, 0.717) is 15.4 Å². The number of urea groups is 1. The fourth-order valence-electron chi connectivity index (χ4n) is 3.69. The van der Waals surface area contributed by atoms with Crippen LogP contribution in [0.15, 0.2) is 28.2 Å². The monoisotopic (exact) mass is 428 g/mol. The Hall–Kier alpha value is -2.65. The van der Waals surface area contributed by atoms with Crippen LogP contribution in [0.2, 0.25) is 0 Å². The van der Waals surface area contributed by atoms with E-state index in [1.54, 1.807) is 15.9 Å². The van der Waals surface area contributed by atoms with E-state index in [0.717, 1.165) is 53.4 Å². The Morgan fingerprint density at radius 3 is 2.83 bits per heavy atom. The maximum atomic E-state index is 13.6. The molecule has 0 unspecified atom stereocenters. The number of benzene rings is 1. The zero-order valence-corrected chi connectivity index (χ0v) is 17.7. The Balaban J connectivity index is 1.87. The van der Waals surface area contributed by atoms with Gasteiger partial charge in [0.2, 0.25) is 5.91 Å². The lowest BCUT2D eigenvalue weighted by Crippen LogP contribution is -2.36. The second-order valence-electron chi connectivity index (χ2n) is 7.06. The van der Waals surface area contributed by atoms with E-state index in [2.05, 4.69) is 0 Å². The van der Waals surface area contributed by atoms with Gasteiger partial charge in [-0.05, 0) is 50.3 Å². The number of amides is 3. The first-order chi connectivity index (χ1) is 13.8. The number of rotatable bonds is 4. The Kier molecular flexibility index (Phi) is 5.18. The molecule has 150 valence electrons. The fraction of sp³-hybridized carbons (Fsp3) is 0.300. The summed E-state index contributed by atoms with van der Waals surface area (Å²) in [7, 11) is 0. The highest BCUT2D eigenvalue weighted by atomic mass is 32.2. The first-order valence-corrected chi connectivity index (χ1v) is 11.0. The number of carbonyl (C=O) groups is 2. The number of aryl methyl sites for hydroxylation is 4. The van der Waals surface area contributed by atoms with E-state index in [1.165, 1.54) is 4.88 Å². The molecule has 0 atom stereocenters. The van der Waals surface area contributed by atoms with Gasteiger partial charge in [-0.3, -0.25) is 19.5 Å². The van der Waals surface area contributed by atoms with Crippen molar-refractivity contribution in [3.8, 4) is 5.69 Å². The van der Waals surface area contributed by atoms with Crippen molar-refractivity contribution < 1.29 is 9.59 Å². The number of nitrogens with one attached hydrogen (secondary N) is 1. The summed E-state index contributed by atoms with van der Waals surface area (Å²) < 4.78 is 1.59. The Bertz CT molecular complexity index is 1210. The smallest absolute Gasteiger partial charge is 0.318 e. The third-order valence-corrected chi connectivity index (χ3v) is 7.02. The van der Waals surface area contributed by atoms with Gasteiger partial charge >= 0.3 is 6.03 Å². The van der Waals surface area contributed by atoms with Crippen LogP contribution in [0.3, 0.4) is 0 Å². The molecule has 1 aliphatic rings. The van der Waals surface area contributed by atoms with Gasteiger partial charge in [0, 0.05) is 4.88 Å². The minimum Gasteiger partial charge on any atom is -0.351 e. The van der Waals surface area contributed by atoms with Gasteiger partial charge in [0.05, 0.1) is 16.8 Å². The average Bonchev–Trinajstić information content (AvgIpc) is 3.21. The standard InChI is InChI=1S/C20H20N4O3S2/c1-10-6-7-13(11(2)8-10)24-18(26)16-12-4-3-5-14(12)29-17(16)23-20(24)28-9-15(25)22-19(21)27/h6-8H,3-5,9H2,1-2H3,(H3,21,22,25,27). The Labute approximate surface area is 175 Å². The van der Waals surface area contributed by atoms with Crippen LogP contribution in [0.25, 0.3) is 15.9 Å². The van der Waals surface area contributed by atoms with Gasteiger partial charge in [-0.1, -0.05) is 29.5 Å². The number of primary amides is 1. The molecule has 1 aromatic carbocycles. The van der Waals surface area contributed by atoms with Crippen LogP contribution in [0.5, 0.6) is 0 Å². The van der Waals surface area contributed by atoms with Gasteiger partial charge in [0.1, 0.15) is 4.83 Å². The second kappa shape index (κ2) is 7.64. The number of hydrogen-bond acceptors (Lipinski definition) is 6. The van der Waals surface area contributed by atoms with Crippen molar-refractivity contribution in [2.75, 3.05) is 5.75 Å². The lowest BCUT2D eigenvalue weighted by molar-refractivity contribution is -0.117. The highest BCUT2D eigenvalue weighted by Gasteiger charge is 2.24. The first-order valence-electron chi connectivity index (χ1n) is 9.22. The molecular weight excluding hydrogens is 408 g/mol. The van der Waals surface area contributed by atoms with E-state index in [1.807, 2.05) is 37.4 Å². The molecule has 3 N–H and O–H groups in total. The predicted molar refractivity (Wildman–Crippen MR) is 115 cm³/mol. The molecule has 2 aromatic heterocycles. The molecule has 0 saturated carbocycles. The molecular formula is C20H20N4O3S2. The molecule has 0 spiro atoms. The molecule has 29 heavy (non-hydrogen) atoms. The molecule has 0 radical (unpaired) electrons. The highest BCUT2D eigenvalue weighted by Crippen LogP contribution is 2.36. The van der Waals surface area contributed by atoms with Gasteiger partial charge < -0.3 is 5.73 Å². The van der Waals surface area contributed by atoms with Crippen LogP contribution in [0, 0.1) is 13.8 Å². The van der Waals surface area contributed by atoms with E-state index in [4.69, 9.17) is 10.7 Å². The normalized spacial score (nSPS) is 12.9. The zero-order valence-electron chi connectivity index (χ0n) is 16.1. The van der Waals surface area contributed by atoms with Gasteiger partial charge in [-0.15, -0.1) is 11.3 Å². The van der Waals surface area contributed by atoms with Gasteiger partial charge in [-0.25, -0.2) is 9.78 Å². The van der Waals surface area contributed by atoms with Crippen LogP contribution in [-0.2, 0) is 17.6 Å². The molecule has 3 amide bonds. The third kappa shape index (κ3) is 3.67. The molecule has 1 aliphatic carbocycles. The van der Waals surface area contributed by atoms with E-state index >= 15 is 0 Å². The van der Waals surface area contributed by atoms with Crippen molar-refractivity contribution >= 4 is 45.3 Å². The van der Waals surface area contributed by atoms with Crippen molar-refractivity contribution in [2.45, 2.75) is 38.3 Å². The van der Waals surface area contributed by atoms with Crippen LogP contribution in [0.1, 0.15) is 28.0 Å². The van der Waals surface area contributed by atoms with Gasteiger partial charge in [0.25, 0.3) is 5.56 Å². The fourth-order valence-corrected chi connectivity index (χ4v) is 5.80. The highest BCUT2D eigenvalue weighted by molar-refractivity contribution is 7.99. The molecule has 0 bridgehead atoms. The predicted octanol–water partition coefficient (Wildman–Crippen LogP) is 2.84. The van der Waals surface area contributed by atoms with E-state index in [-0.39, 0.29) is 11.3 Å². The van der Waals surface area contributed by atoms with Crippen LogP contribution < -0.4 is 16.6 Å². The lowest BCUT2D eigenvalue weighted by atomic mass is 10.1. The number of nitrogens with two attached hydrogens (primary N) is 1. The largest absolute Gasteiger partial charge is 0.351 e. The summed E-state index contributed by atoms with van der Waals surface area (Å²) in [5.74, 6) is -0.602. The summed E-state index contributed by atoms with van der Waals surface area (Å²) in [4.78, 5) is 43.1. The van der Waals surface area contributed by atoms with E-state index < -0.39 is 11.9 Å². The van der Waals surface area contributed by atoms with Crippen molar-refractivity contribution in [1.29, 1.82) is 0 Å².